The molecule has 19 heavy (non-hydrogen) atoms. The highest BCUT2D eigenvalue weighted by Gasteiger charge is 2.47. The van der Waals surface area contributed by atoms with E-state index in [-0.39, 0.29) is 30.7 Å². The number of ether oxygens (including phenoxy) is 1. The summed E-state index contributed by atoms with van der Waals surface area (Å²) < 4.78 is 5.38. The lowest BCUT2D eigenvalue weighted by Gasteiger charge is -2.27. The zero-order valence-electron chi connectivity index (χ0n) is 11.4. The minimum absolute atomic E-state index is 0.132. The average molecular weight is 264 g/mol. The van der Waals surface area contributed by atoms with Crippen LogP contribution in [0.1, 0.15) is 33.1 Å². The molecule has 1 aliphatic heterocycles. The fourth-order valence-corrected chi connectivity index (χ4v) is 3.74. The first-order chi connectivity index (χ1) is 8.99. The van der Waals surface area contributed by atoms with Gasteiger partial charge in [0.15, 0.2) is 0 Å². The summed E-state index contributed by atoms with van der Waals surface area (Å²) in [6, 6.07) is 0. The Kier molecular flexibility index (Phi) is 2.84. The van der Waals surface area contributed by atoms with Crippen LogP contribution in [0, 0.1) is 11.3 Å². The molecule has 1 heterocycles. The molecule has 0 saturated carbocycles. The number of aliphatic hydroxyl groups excluding tert-OH is 2. The molecule has 2 aliphatic carbocycles. The van der Waals surface area contributed by atoms with Crippen molar-refractivity contribution in [2.75, 3.05) is 13.2 Å². The SMILES string of the molecule is C[C@@H]1C[C@@H]2OC(=O)C(CO)=C2C2=C1C[C@@](C)(CO)C2. The van der Waals surface area contributed by atoms with Crippen LogP contribution < -0.4 is 0 Å². The van der Waals surface area contributed by atoms with E-state index in [1.54, 1.807) is 0 Å². The van der Waals surface area contributed by atoms with E-state index in [9.17, 15) is 15.0 Å². The standard InChI is InChI=1S/C15H20O4/c1-8-3-12-13(11(6-16)14(18)19-12)10-5-15(2,7-17)4-9(8)10/h8,12,16-17H,3-7H2,1-2H3/t8-,12+,15-/m1/s1. The number of hydrogen-bond donors (Lipinski definition) is 2. The van der Waals surface area contributed by atoms with E-state index in [0.29, 0.717) is 11.5 Å². The zero-order chi connectivity index (χ0) is 13.8. The molecule has 3 rings (SSSR count). The highest BCUT2D eigenvalue weighted by molar-refractivity contribution is 5.94. The molecule has 0 radical (unpaired) electrons. The number of carbonyl (C=O) groups is 1. The summed E-state index contributed by atoms with van der Waals surface area (Å²) in [7, 11) is 0. The van der Waals surface area contributed by atoms with Crippen LogP contribution in [0.3, 0.4) is 0 Å². The van der Waals surface area contributed by atoms with Gasteiger partial charge >= 0.3 is 5.97 Å². The van der Waals surface area contributed by atoms with Crippen molar-refractivity contribution in [3.05, 3.63) is 22.3 Å². The monoisotopic (exact) mass is 264 g/mol. The number of allylic oxidation sites excluding steroid dienone is 1. The summed E-state index contributed by atoms with van der Waals surface area (Å²) in [6.45, 7) is 4.11. The number of carbonyl (C=O) groups excluding carboxylic acids is 1. The molecular weight excluding hydrogens is 244 g/mol. The van der Waals surface area contributed by atoms with Crippen molar-refractivity contribution < 1.29 is 19.7 Å². The van der Waals surface area contributed by atoms with Crippen molar-refractivity contribution >= 4 is 5.97 Å². The molecule has 0 amide bonds. The number of aliphatic hydroxyl groups is 2. The van der Waals surface area contributed by atoms with E-state index in [1.165, 1.54) is 5.57 Å². The van der Waals surface area contributed by atoms with Gasteiger partial charge in [0, 0.05) is 12.2 Å². The number of rotatable bonds is 2. The molecule has 0 saturated heterocycles. The van der Waals surface area contributed by atoms with Crippen molar-refractivity contribution in [2.45, 2.75) is 39.2 Å². The molecule has 0 bridgehead atoms. The molecule has 0 aromatic carbocycles. The summed E-state index contributed by atoms with van der Waals surface area (Å²) in [5, 5.41) is 19.0. The van der Waals surface area contributed by atoms with Crippen LogP contribution >= 0.6 is 0 Å². The topological polar surface area (TPSA) is 66.8 Å². The molecule has 0 aromatic heterocycles. The van der Waals surface area contributed by atoms with Crippen LogP contribution in [0.15, 0.2) is 22.3 Å². The lowest BCUT2D eigenvalue weighted by Crippen LogP contribution is -2.22. The minimum atomic E-state index is -0.374. The van der Waals surface area contributed by atoms with Gasteiger partial charge in [-0.25, -0.2) is 4.79 Å². The van der Waals surface area contributed by atoms with Crippen molar-refractivity contribution in [2.24, 2.45) is 11.3 Å². The molecule has 104 valence electrons. The Morgan fingerprint density at radius 1 is 1.37 bits per heavy atom. The van der Waals surface area contributed by atoms with Crippen LogP contribution in [0.2, 0.25) is 0 Å². The molecular formula is C15H20O4. The van der Waals surface area contributed by atoms with Gasteiger partial charge in [-0.3, -0.25) is 0 Å². The minimum Gasteiger partial charge on any atom is -0.454 e. The van der Waals surface area contributed by atoms with Gasteiger partial charge in [0.25, 0.3) is 0 Å². The van der Waals surface area contributed by atoms with E-state index >= 15 is 0 Å². The number of fused-ring (bicyclic) bond motifs is 2. The molecule has 0 spiro atoms. The third-order valence-corrected chi connectivity index (χ3v) is 4.78. The Balaban J connectivity index is 2.08. The van der Waals surface area contributed by atoms with Crippen molar-refractivity contribution in [3.63, 3.8) is 0 Å². The number of esters is 1. The summed E-state index contributed by atoms with van der Waals surface area (Å²) in [5.74, 6) is 0.00372. The van der Waals surface area contributed by atoms with Crippen LogP contribution in [0.5, 0.6) is 0 Å². The Bertz CT molecular complexity index is 502. The molecule has 3 atom stereocenters. The average Bonchev–Trinajstić information content (AvgIpc) is 2.87. The van der Waals surface area contributed by atoms with Gasteiger partial charge in [-0.2, -0.15) is 0 Å². The second kappa shape index (κ2) is 4.18. The first kappa shape index (κ1) is 12.9. The van der Waals surface area contributed by atoms with Gasteiger partial charge in [-0.15, -0.1) is 0 Å². The molecule has 0 aromatic rings. The van der Waals surface area contributed by atoms with Gasteiger partial charge in [-0.1, -0.05) is 19.4 Å². The summed E-state index contributed by atoms with van der Waals surface area (Å²) >= 11 is 0. The first-order valence-corrected chi connectivity index (χ1v) is 6.87. The van der Waals surface area contributed by atoms with Gasteiger partial charge < -0.3 is 14.9 Å². The van der Waals surface area contributed by atoms with E-state index in [4.69, 9.17) is 4.74 Å². The van der Waals surface area contributed by atoms with Crippen LogP contribution in [-0.2, 0) is 9.53 Å². The third kappa shape index (κ3) is 1.77. The largest absolute Gasteiger partial charge is 0.454 e. The normalized spacial score (nSPS) is 37.6. The van der Waals surface area contributed by atoms with Crippen molar-refractivity contribution in [1.29, 1.82) is 0 Å². The zero-order valence-corrected chi connectivity index (χ0v) is 11.4. The van der Waals surface area contributed by atoms with Crippen LogP contribution in [0.25, 0.3) is 0 Å². The van der Waals surface area contributed by atoms with Gasteiger partial charge in [0.1, 0.15) is 6.10 Å². The van der Waals surface area contributed by atoms with Gasteiger partial charge in [0.05, 0.1) is 12.2 Å². The molecule has 4 nitrogen and oxygen atoms in total. The summed E-state index contributed by atoms with van der Waals surface area (Å²) in [6.07, 6.45) is 2.26. The Morgan fingerprint density at radius 3 is 2.74 bits per heavy atom. The van der Waals surface area contributed by atoms with Gasteiger partial charge in [-0.05, 0) is 36.2 Å². The Morgan fingerprint density at radius 2 is 2.11 bits per heavy atom. The lowest BCUT2D eigenvalue weighted by molar-refractivity contribution is -0.140. The van der Waals surface area contributed by atoms with Crippen molar-refractivity contribution in [3.8, 4) is 0 Å². The molecule has 4 heteroatoms. The van der Waals surface area contributed by atoms with Gasteiger partial charge in [0.2, 0.25) is 0 Å². The van der Waals surface area contributed by atoms with Crippen molar-refractivity contribution in [1.82, 2.24) is 0 Å². The molecule has 2 N–H and O–H groups in total. The van der Waals surface area contributed by atoms with E-state index in [0.717, 1.165) is 30.4 Å². The maximum Gasteiger partial charge on any atom is 0.337 e. The highest BCUT2D eigenvalue weighted by atomic mass is 16.5. The fraction of sp³-hybridized carbons (Fsp3) is 0.667. The summed E-state index contributed by atoms with van der Waals surface area (Å²) in [4.78, 5) is 11.8. The predicted octanol–water partition coefficient (Wildman–Crippen LogP) is 1.33. The second-order valence-corrected chi connectivity index (χ2v) is 6.41. The quantitative estimate of drug-likeness (QED) is 0.738. The van der Waals surface area contributed by atoms with E-state index in [2.05, 4.69) is 13.8 Å². The Labute approximate surface area is 112 Å². The van der Waals surface area contributed by atoms with Crippen LogP contribution in [0.4, 0.5) is 0 Å². The molecule has 0 unspecified atom stereocenters. The fourth-order valence-electron chi connectivity index (χ4n) is 3.74. The smallest absolute Gasteiger partial charge is 0.337 e. The van der Waals surface area contributed by atoms with E-state index < -0.39 is 0 Å². The maximum absolute atomic E-state index is 11.8. The lowest BCUT2D eigenvalue weighted by atomic mass is 9.79. The second-order valence-electron chi connectivity index (χ2n) is 6.41. The molecule has 3 aliphatic rings. The van der Waals surface area contributed by atoms with Crippen LogP contribution in [-0.4, -0.2) is 35.5 Å². The number of hydrogen-bond acceptors (Lipinski definition) is 4. The first-order valence-electron chi connectivity index (χ1n) is 6.87. The summed E-state index contributed by atoms with van der Waals surface area (Å²) in [5.41, 5.74) is 3.71. The Hall–Kier alpha value is -1.13. The highest BCUT2D eigenvalue weighted by Crippen LogP contribution is 2.53. The molecule has 0 fully saturated rings. The maximum atomic E-state index is 11.8. The van der Waals surface area contributed by atoms with E-state index in [1.807, 2.05) is 0 Å². The predicted molar refractivity (Wildman–Crippen MR) is 69.2 cm³/mol. The third-order valence-electron chi connectivity index (χ3n) is 4.78.